The maximum absolute atomic E-state index is 12.2. The van der Waals surface area contributed by atoms with E-state index in [0.717, 1.165) is 27.8 Å². The van der Waals surface area contributed by atoms with Gasteiger partial charge >= 0.3 is 0 Å². The number of allylic oxidation sites excluding steroid dienone is 3. The topological polar surface area (TPSA) is 46.2 Å². The predicted molar refractivity (Wildman–Crippen MR) is 85.3 cm³/mol. The summed E-state index contributed by atoms with van der Waals surface area (Å²) in [5.74, 6) is -0.121. The fraction of sp³-hybridized carbons (Fsp3) is 0.250. The van der Waals surface area contributed by atoms with Gasteiger partial charge in [-0.25, -0.2) is 0 Å². The fourth-order valence-corrected chi connectivity index (χ4v) is 2.73. The summed E-state index contributed by atoms with van der Waals surface area (Å²) in [6.45, 7) is 6.24. The van der Waals surface area contributed by atoms with Gasteiger partial charge in [0.15, 0.2) is 5.78 Å². The molecular formula is C16H19NO2Si. The number of nitrogens with one attached hydrogen (secondary N) is 1. The molecule has 0 radical (unpaired) electrons. The summed E-state index contributed by atoms with van der Waals surface area (Å²) in [5, 5.41) is 2.88. The lowest BCUT2D eigenvalue weighted by Gasteiger charge is -2.06. The van der Waals surface area contributed by atoms with Crippen LogP contribution in [0.3, 0.4) is 0 Å². The van der Waals surface area contributed by atoms with Gasteiger partial charge in [0.2, 0.25) is 0 Å². The van der Waals surface area contributed by atoms with Crippen molar-refractivity contribution in [2.75, 3.05) is 6.54 Å². The standard InChI is InChI=1S/C16H19NO2Si/c1-3-12-10(2)15(18)14-9-11(5-6-13(12)14)16(19)17-7-4-8-20/h3,5-6,9H,1,4,7-8H2,2,20H3,(H,17,19). The first kappa shape index (κ1) is 14.5. The van der Waals surface area contributed by atoms with Gasteiger partial charge < -0.3 is 5.32 Å². The van der Waals surface area contributed by atoms with E-state index in [-0.39, 0.29) is 11.7 Å². The molecule has 1 amide bonds. The van der Waals surface area contributed by atoms with Gasteiger partial charge in [-0.3, -0.25) is 9.59 Å². The van der Waals surface area contributed by atoms with E-state index in [2.05, 4.69) is 11.9 Å². The molecule has 4 heteroatoms. The van der Waals surface area contributed by atoms with Crippen LogP contribution in [0, 0.1) is 0 Å². The molecule has 0 saturated carbocycles. The predicted octanol–water partition coefficient (Wildman–Crippen LogP) is 1.75. The highest BCUT2D eigenvalue weighted by atomic mass is 28.1. The Kier molecular flexibility index (Phi) is 4.34. The van der Waals surface area contributed by atoms with Crippen molar-refractivity contribution in [1.29, 1.82) is 0 Å². The van der Waals surface area contributed by atoms with Crippen molar-refractivity contribution in [1.82, 2.24) is 5.32 Å². The third-order valence-electron chi connectivity index (χ3n) is 3.58. The van der Waals surface area contributed by atoms with Crippen molar-refractivity contribution >= 4 is 27.5 Å². The smallest absolute Gasteiger partial charge is 0.251 e. The van der Waals surface area contributed by atoms with Crippen LogP contribution in [-0.4, -0.2) is 28.5 Å². The average molecular weight is 285 g/mol. The molecule has 0 fully saturated rings. The van der Waals surface area contributed by atoms with Gasteiger partial charge in [0.25, 0.3) is 5.91 Å². The minimum Gasteiger partial charge on any atom is -0.352 e. The molecule has 20 heavy (non-hydrogen) atoms. The molecule has 0 aliphatic heterocycles. The Morgan fingerprint density at radius 1 is 1.40 bits per heavy atom. The van der Waals surface area contributed by atoms with Gasteiger partial charge in [-0.05, 0) is 36.6 Å². The van der Waals surface area contributed by atoms with Crippen molar-refractivity contribution < 1.29 is 9.59 Å². The highest BCUT2D eigenvalue weighted by Crippen LogP contribution is 2.33. The number of ketones is 1. The van der Waals surface area contributed by atoms with Crippen LogP contribution in [-0.2, 0) is 0 Å². The average Bonchev–Trinajstić information content (AvgIpc) is 2.70. The Bertz CT molecular complexity index is 617. The summed E-state index contributed by atoms with van der Waals surface area (Å²) in [5.41, 5.74) is 3.59. The minimum absolute atomic E-state index is 0.0101. The minimum atomic E-state index is -0.111. The second-order valence-corrected chi connectivity index (χ2v) is 5.94. The number of Topliss-reactive ketones (excluding diaryl/α,β-unsaturated/α-hetero) is 1. The summed E-state index contributed by atoms with van der Waals surface area (Å²) in [6, 6.07) is 6.47. The Hall–Kier alpha value is -1.94. The SMILES string of the molecule is C=CC1=C(C)C(=O)c2cc(C(=O)NCCC[SiH3])ccc21. The van der Waals surface area contributed by atoms with E-state index in [1.54, 1.807) is 25.1 Å². The van der Waals surface area contributed by atoms with E-state index >= 15 is 0 Å². The Balaban J connectivity index is 2.26. The number of hydrogen-bond acceptors (Lipinski definition) is 2. The monoisotopic (exact) mass is 285 g/mol. The quantitative estimate of drug-likeness (QED) is 0.662. The van der Waals surface area contributed by atoms with Crippen LogP contribution in [0.5, 0.6) is 0 Å². The number of rotatable bonds is 5. The number of carbonyl (C=O) groups is 2. The van der Waals surface area contributed by atoms with Crippen LogP contribution >= 0.6 is 0 Å². The fourth-order valence-electron chi connectivity index (χ4n) is 2.38. The molecule has 3 nitrogen and oxygen atoms in total. The summed E-state index contributed by atoms with van der Waals surface area (Å²) in [4.78, 5) is 24.2. The van der Waals surface area contributed by atoms with Crippen molar-refractivity contribution in [3.05, 3.63) is 53.1 Å². The molecule has 0 unspecified atom stereocenters. The summed E-state index contributed by atoms with van der Waals surface area (Å²) >= 11 is 0. The number of amides is 1. The van der Waals surface area contributed by atoms with Gasteiger partial charge in [0, 0.05) is 33.5 Å². The van der Waals surface area contributed by atoms with E-state index in [1.807, 2.05) is 6.07 Å². The van der Waals surface area contributed by atoms with Crippen molar-refractivity contribution in [2.24, 2.45) is 0 Å². The Morgan fingerprint density at radius 2 is 2.15 bits per heavy atom. The summed E-state index contributed by atoms with van der Waals surface area (Å²) < 4.78 is 0. The molecule has 1 N–H and O–H groups in total. The van der Waals surface area contributed by atoms with E-state index in [4.69, 9.17) is 0 Å². The first-order valence-corrected chi connectivity index (χ1v) is 8.32. The van der Waals surface area contributed by atoms with Crippen LogP contribution in [0.1, 0.15) is 39.6 Å². The van der Waals surface area contributed by atoms with E-state index < -0.39 is 0 Å². The maximum atomic E-state index is 12.2. The molecule has 0 saturated heterocycles. The van der Waals surface area contributed by atoms with Gasteiger partial charge in [-0.2, -0.15) is 0 Å². The molecule has 1 aromatic carbocycles. The van der Waals surface area contributed by atoms with Crippen molar-refractivity contribution in [2.45, 2.75) is 19.4 Å². The first-order chi connectivity index (χ1) is 9.60. The second kappa shape index (κ2) is 6.01. The lowest BCUT2D eigenvalue weighted by atomic mass is 10.0. The third kappa shape index (κ3) is 2.51. The van der Waals surface area contributed by atoms with Gasteiger partial charge in [-0.1, -0.05) is 24.8 Å². The molecule has 0 aromatic heterocycles. The number of benzene rings is 1. The summed E-state index contributed by atoms with van der Waals surface area (Å²) in [6.07, 6.45) is 2.72. The molecule has 0 spiro atoms. The third-order valence-corrected chi connectivity index (χ3v) is 4.29. The van der Waals surface area contributed by atoms with Gasteiger partial charge in [-0.15, -0.1) is 0 Å². The largest absolute Gasteiger partial charge is 0.352 e. The molecule has 0 heterocycles. The van der Waals surface area contributed by atoms with Crippen LogP contribution in [0.15, 0.2) is 36.4 Å². The lowest BCUT2D eigenvalue weighted by Crippen LogP contribution is -2.24. The number of hydrogen-bond donors (Lipinski definition) is 1. The summed E-state index contributed by atoms with van der Waals surface area (Å²) in [7, 11) is 1.16. The normalized spacial score (nSPS) is 13.6. The molecule has 1 aliphatic rings. The Morgan fingerprint density at radius 3 is 2.80 bits per heavy atom. The van der Waals surface area contributed by atoms with Crippen LogP contribution in [0.4, 0.5) is 0 Å². The molecule has 0 bridgehead atoms. The first-order valence-electron chi connectivity index (χ1n) is 6.90. The van der Waals surface area contributed by atoms with Gasteiger partial charge in [0.1, 0.15) is 0 Å². The number of fused-ring (bicyclic) bond motifs is 1. The maximum Gasteiger partial charge on any atom is 0.251 e. The zero-order valence-electron chi connectivity index (χ0n) is 12.0. The lowest BCUT2D eigenvalue weighted by molar-refractivity contribution is 0.0953. The van der Waals surface area contributed by atoms with Crippen LogP contribution in [0.2, 0.25) is 6.04 Å². The zero-order chi connectivity index (χ0) is 14.7. The highest BCUT2D eigenvalue weighted by Gasteiger charge is 2.25. The van der Waals surface area contributed by atoms with Crippen molar-refractivity contribution in [3.63, 3.8) is 0 Å². The highest BCUT2D eigenvalue weighted by molar-refractivity contribution is 6.22. The van der Waals surface area contributed by atoms with E-state index in [1.165, 1.54) is 6.04 Å². The second-order valence-electron chi connectivity index (χ2n) is 4.94. The van der Waals surface area contributed by atoms with Crippen molar-refractivity contribution in [3.8, 4) is 0 Å². The molecule has 104 valence electrons. The van der Waals surface area contributed by atoms with Crippen LogP contribution in [0.25, 0.3) is 5.57 Å². The van der Waals surface area contributed by atoms with E-state index in [9.17, 15) is 9.59 Å². The zero-order valence-corrected chi connectivity index (χ0v) is 14.0. The van der Waals surface area contributed by atoms with Gasteiger partial charge in [0.05, 0.1) is 0 Å². The molecule has 1 aromatic rings. The molecular weight excluding hydrogens is 266 g/mol. The molecule has 1 aliphatic carbocycles. The molecule has 2 rings (SSSR count). The van der Waals surface area contributed by atoms with E-state index in [0.29, 0.717) is 23.2 Å². The number of carbonyl (C=O) groups excluding carboxylic acids is 2. The van der Waals surface area contributed by atoms with Crippen LogP contribution < -0.4 is 5.32 Å². The molecule has 0 atom stereocenters. The Labute approximate surface area is 122 Å².